The maximum atomic E-state index is 12.6. The first-order valence-electron chi connectivity index (χ1n) is 7.94. The predicted octanol–water partition coefficient (Wildman–Crippen LogP) is 2.73. The molecule has 0 saturated carbocycles. The molecule has 1 aromatic heterocycles. The number of nitrogens with two attached hydrogens (primary N) is 1. The Morgan fingerprint density at radius 3 is 2.43 bits per heavy atom. The van der Waals surface area contributed by atoms with Crippen LogP contribution < -0.4 is 19.9 Å². The number of ether oxygens (including phenoxy) is 2. The van der Waals surface area contributed by atoms with E-state index in [2.05, 4.69) is 10.3 Å². The average molecular weight is 419 g/mol. The lowest BCUT2D eigenvalue weighted by atomic mass is 10.2. The Labute approximate surface area is 166 Å². The zero-order valence-corrected chi connectivity index (χ0v) is 16.6. The molecule has 28 heavy (non-hydrogen) atoms. The molecule has 1 amide bonds. The lowest BCUT2D eigenvalue weighted by Gasteiger charge is -2.09. The van der Waals surface area contributed by atoms with E-state index in [-0.39, 0.29) is 16.2 Å². The number of carbonyl (C=O) groups is 1. The number of nitrogens with zero attached hydrogens (tertiary/aromatic N) is 1. The number of methoxy groups -OCH3 is 2. The third-order valence-electron chi connectivity index (χ3n) is 3.85. The van der Waals surface area contributed by atoms with E-state index < -0.39 is 15.9 Å². The monoisotopic (exact) mass is 419 g/mol. The Kier molecular flexibility index (Phi) is 5.63. The summed E-state index contributed by atoms with van der Waals surface area (Å²) in [6.07, 6.45) is 0. The molecule has 0 unspecified atom stereocenters. The first-order valence-corrected chi connectivity index (χ1v) is 10.4. The van der Waals surface area contributed by atoms with Gasteiger partial charge in [-0.1, -0.05) is 0 Å². The van der Waals surface area contributed by atoms with Gasteiger partial charge >= 0.3 is 0 Å². The number of hydrogen-bond acceptors (Lipinski definition) is 7. The third kappa shape index (κ3) is 4.30. The quantitative estimate of drug-likeness (QED) is 0.634. The molecular weight excluding hydrogens is 402 g/mol. The third-order valence-corrected chi connectivity index (χ3v) is 5.52. The minimum absolute atomic E-state index is 0.0372. The smallest absolute Gasteiger partial charge is 0.261 e. The van der Waals surface area contributed by atoms with Crippen LogP contribution in [0.2, 0.25) is 0 Å². The van der Waals surface area contributed by atoms with Gasteiger partial charge in [-0.15, -0.1) is 11.3 Å². The summed E-state index contributed by atoms with van der Waals surface area (Å²) in [4.78, 5) is 16.8. The van der Waals surface area contributed by atoms with E-state index in [1.807, 2.05) is 24.3 Å². The molecule has 2 aromatic carbocycles. The summed E-state index contributed by atoms with van der Waals surface area (Å²) < 4.78 is 33.4. The second-order valence-electron chi connectivity index (χ2n) is 5.63. The SMILES string of the molecule is COc1ccc(-c2csc(NC(=O)c3cc(S(N)(=O)=O)ccc3OC)n2)cc1. The average Bonchev–Trinajstić information content (AvgIpc) is 3.15. The summed E-state index contributed by atoms with van der Waals surface area (Å²) in [5.74, 6) is 0.393. The molecule has 0 fully saturated rings. The zero-order chi connectivity index (χ0) is 20.3. The number of hydrogen-bond donors (Lipinski definition) is 2. The summed E-state index contributed by atoms with van der Waals surface area (Å²) in [7, 11) is -0.982. The molecule has 3 aromatic rings. The van der Waals surface area contributed by atoms with Crippen LogP contribution in [0.15, 0.2) is 52.7 Å². The van der Waals surface area contributed by atoms with E-state index in [1.165, 1.54) is 36.6 Å². The standard InChI is InChI=1S/C18H17N3O5S2/c1-25-12-5-3-11(4-6-12)15-10-27-18(20-15)21-17(22)14-9-13(28(19,23)24)7-8-16(14)26-2/h3-10H,1-2H3,(H2,19,23,24)(H,20,21,22). The highest BCUT2D eigenvalue weighted by Crippen LogP contribution is 2.28. The molecule has 0 aliphatic carbocycles. The largest absolute Gasteiger partial charge is 0.497 e. The molecule has 8 nitrogen and oxygen atoms in total. The van der Waals surface area contributed by atoms with Crippen LogP contribution in [0.5, 0.6) is 11.5 Å². The predicted molar refractivity (Wildman–Crippen MR) is 106 cm³/mol. The van der Waals surface area contributed by atoms with Crippen LogP contribution in [0, 0.1) is 0 Å². The minimum Gasteiger partial charge on any atom is -0.497 e. The molecule has 0 atom stereocenters. The molecule has 0 aliphatic heterocycles. The zero-order valence-electron chi connectivity index (χ0n) is 15.0. The molecule has 3 rings (SSSR count). The summed E-state index contributed by atoms with van der Waals surface area (Å²) >= 11 is 1.24. The van der Waals surface area contributed by atoms with E-state index in [0.717, 1.165) is 11.3 Å². The Morgan fingerprint density at radius 1 is 1.11 bits per heavy atom. The fourth-order valence-corrected chi connectivity index (χ4v) is 3.69. The molecule has 0 radical (unpaired) electrons. The highest BCUT2D eigenvalue weighted by molar-refractivity contribution is 7.89. The number of nitrogens with one attached hydrogen (secondary N) is 1. The fraction of sp³-hybridized carbons (Fsp3) is 0.111. The van der Waals surface area contributed by atoms with Crippen LogP contribution in [-0.4, -0.2) is 33.5 Å². The number of aromatic nitrogens is 1. The van der Waals surface area contributed by atoms with Crippen molar-refractivity contribution in [2.45, 2.75) is 4.90 Å². The molecule has 0 bridgehead atoms. The topological polar surface area (TPSA) is 121 Å². The van der Waals surface area contributed by atoms with Crippen molar-refractivity contribution in [1.29, 1.82) is 0 Å². The van der Waals surface area contributed by atoms with Crippen molar-refractivity contribution in [3.63, 3.8) is 0 Å². The van der Waals surface area contributed by atoms with Gasteiger partial charge in [0.05, 0.1) is 30.4 Å². The first kappa shape index (κ1) is 19.8. The van der Waals surface area contributed by atoms with Gasteiger partial charge in [-0.05, 0) is 42.5 Å². The highest BCUT2D eigenvalue weighted by atomic mass is 32.2. The number of sulfonamides is 1. The minimum atomic E-state index is -3.95. The Balaban J connectivity index is 1.84. The number of rotatable bonds is 6. The van der Waals surface area contributed by atoms with Gasteiger partial charge in [0.15, 0.2) is 5.13 Å². The maximum Gasteiger partial charge on any atom is 0.261 e. The Bertz CT molecular complexity index is 1110. The Hall–Kier alpha value is -2.95. The van der Waals surface area contributed by atoms with Crippen molar-refractivity contribution in [1.82, 2.24) is 4.98 Å². The molecule has 0 aliphatic rings. The van der Waals surface area contributed by atoms with E-state index in [4.69, 9.17) is 14.6 Å². The van der Waals surface area contributed by atoms with Crippen molar-refractivity contribution in [2.75, 3.05) is 19.5 Å². The summed E-state index contributed by atoms with van der Waals surface area (Å²) in [5, 5.41) is 9.95. The normalized spacial score (nSPS) is 11.1. The lowest BCUT2D eigenvalue weighted by Crippen LogP contribution is -2.16. The van der Waals surface area contributed by atoms with Crippen molar-refractivity contribution in [3.05, 3.63) is 53.4 Å². The lowest BCUT2D eigenvalue weighted by molar-refractivity contribution is 0.102. The molecule has 146 valence electrons. The highest BCUT2D eigenvalue weighted by Gasteiger charge is 2.18. The van der Waals surface area contributed by atoms with Gasteiger partial charge in [0.25, 0.3) is 5.91 Å². The van der Waals surface area contributed by atoms with Crippen LogP contribution in [0.25, 0.3) is 11.3 Å². The van der Waals surface area contributed by atoms with Crippen LogP contribution in [-0.2, 0) is 10.0 Å². The first-order chi connectivity index (χ1) is 13.3. The van der Waals surface area contributed by atoms with E-state index >= 15 is 0 Å². The van der Waals surface area contributed by atoms with Crippen molar-refractivity contribution < 1.29 is 22.7 Å². The number of carbonyl (C=O) groups excluding carboxylic acids is 1. The number of primary sulfonamides is 1. The summed E-state index contributed by atoms with van der Waals surface area (Å²) in [6.45, 7) is 0. The molecule has 0 spiro atoms. The second-order valence-corrected chi connectivity index (χ2v) is 8.05. The van der Waals surface area contributed by atoms with Crippen LogP contribution >= 0.6 is 11.3 Å². The molecule has 10 heteroatoms. The summed E-state index contributed by atoms with van der Waals surface area (Å²) in [5.41, 5.74) is 1.59. The number of thiazole rings is 1. The van der Waals surface area contributed by atoms with Gasteiger partial charge < -0.3 is 9.47 Å². The number of benzene rings is 2. The van der Waals surface area contributed by atoms with Crippen molar-refractivity contribution in [2.24, 2.45) is 5.14 Å². The maximum absolute atomic E-state index is 12.6. The molecular formula is C18H17N3O5S2. The second kappa shape index (κ2) is 7.97. The van der Waals surface area contributed by atoms with E-state index in [1.54, 1.807) is 12.5 Å². The fourth-order valence-electron chi connectivity index (χ4n) is 2.43. The van der Waals surface area contributed by atoms with Gasteiger partial charge in [0.2, 0.25) is 10.0 Å². The van der Waals surface area contributed by atoms with Crippen LogP contribution in [0.1, 0.15) is 10.4 Å². The summed E-state index contributed by atoms with van der Waals surface area (Å²) in [6, 6.07) is 11.2. The van der Waals surface area contributed by atoms with Gasteiger partial charge in [0.1, 0.15) is 11.5 Å². The van der Waals surface area contributed by atoms with Crippen LogP contribution in [0.4, 0.5) is 5.13 Å². The van der Waals surface area contributed by atoms with Crippen molar-refractivity contribution >= 4 is 32.4 Å². The molecule has 0 saturated heterocycles. The van der Waals surface area contributed by atoms with E-state index in [0.29, 0.717) is 10.8 Å². The van der Waals surface area contributed by atoms with Crippen molar-refractivity contribution in [3.8, 4) is 22.8 Å². The van der Waals surface area contributed by atoms with Gasteiger partial charge in [-0.25, -0.2) is 18.5 Å². The van der Waals surface area contributed by atoms with E-state index in [9.17, 15) is 13.2 Å². The molecule has 3 N–H and O–H groups in total. The van der Waals surface area contributed by atoms with Gasteiger partial charge in [0, 0.05) is 10.9 Å². The van der Waals surface area contributed by atoms with Gasteiger partial charge in [-0.3, -0.25) is 10.1 Å². The number of amides is 1. The van der Waals surface area contributed by atoms with Gasteiger partial charge in [-0.2, -0.15) is 0 Å². The number of anilines is 1. The van der Waals surface area contributed by atoms with Crippen LogP contribution in [0.3, 0.4) is 0 Å². The Morgan fingerprint density at radius 2 is 1.82 bits per heavy atom. The molecule has 1 heterocycles.